The van der Waals surface area contributed by atoms with Crippen molar-refractivity contribution < 1.29 is 4.79 Å². The zero-order chi connectivity index (χ0) is 13.5. The maximum Gasteiger partial charge on any atom is 0.267 e. The maximum absolute atomic E-state index is 11.9. The van der Waals surface area contributed by atoms with Crippen molar-refractivity contribution in [3.63, 3.8) is 0 Å². The Kier molecular flexibility index (Phi) is 4.75. The van der Waals surface area contributed by atoms with Crippen LogP contribution >= 0.6 is 0 Å². The van der Waals surface area contributed by atoms with Gasteiger partial charge in [-0.3, -0.25) is 4.79 Å². The van der Waals surface area contributed by atoms with Crippen LogP contribution in [0.3, 0.4) is 0 Å². The number of aromatic nitrogens is 1. The SMILES string of the molecule is NCCCCNC(=O)c1ccc(-c2ccccc2)[nH]1. The highest BCUT2D eigenvalue weighted by Crippen LogP contribution is 2.17. The third kappa shape index (κ3) is 3.69. The zero-order valence-electron chi connectivity index (χ0n) is 10.9. The molecule has 0 radical (unpaired) electrons. The summed E-state index contributed by atoms with van der Waals surface area (Å²) in [7, 11) is 0. The second-order valence-corrected chi connectivity index (χ2v) is 4.40. The number of carbonyl (C=O) groups is 1. The van der Waals surface area contributed by atoms with E-state index in [2.05, 4.69) is 10.3 Å². The average Bonchev–Trinajstić information content (AvgIpc) is 2.94. The largest absolute Gasteiger partial charge is 0.351 e. The summed E-state index contributed by atoms with van der Waals surface area (Å²) in [5, 5.41) is 2.87. The summed E-state index contributed by atoms with van der Waals surface area (Å²) in [5.74, 6) is -0.0702. The predicted octanol–water partition coefficient (Wildman–Crippen LogP) is 2.15. The van der Waals surface area contributed by atoms with Crippen molar-refractivity contribution in [2.45, 2.75) is 12.8 Å². The summed E-state index contributed by atoms with van der Waals surface area (Å²) in [6.07, 6.45) is 1.84. The molecule has 0 fully saturated rings. The van der Waals surface area contributed by atoms with Gasteiger partial charge in [-0.25, -0.2) is 0 Å². The Balaban J connectivity index is 1.95. The zero-order valence-corrected chi connectivity index (χ0v) is 10.9. The second kappa shape index (κ2) is 6.75. The lowest BCUT2D eigenvalue weighted by Gasteiger charge is -2.03. The number of nitrogens with one attached hydrogen (secondary N) is 2. The van der Waals surface area contributed by atoms with Gasteiger partial charge in [0.1, 0.15) is 5.69 Å². The van der Waals surface area contributed by atoms with Crippen LogP contribution in [0.4, 0.5) is 0 Å². The molecule has 19 heavy (non-hydrogen) atoms. The van der Waals surface area contributed by atoms with Gasteiger partial charge in [0.15, 0.2) is 0 Å². The monoisotopic (exact) mass is 257 g/mol. The van der Waals surface area contributed by atoms with Crippen molar-refractivity contribution in [2.75, 3.05) is 13.1 Å². The summed E-state index contributed by atoms with van der Waals surface area (Å²) in [4.78, 5) is 15.0. The molecule has 0 spiro atoms. The molecule has 100 valence electrons. The molecule has 1 heterocycles. The molecular formula is C15H19N3O. The molecule has 1 amide bonds. The van der Waals surface area contributed by atoms with Gasteiger partial charge in [-0.2, -0.15) is 0 Å². The normalized spacial score (nSPS) is 10.4. The topological polar surface area (TPSA) is 70.9 Å². The summed E-state index contributed by atoms with van der Waals surface area (Å²) in [6, 6.07) is 13.7. The number of amides is 1. The van der Waals surface area contributed by atoms with E-state index in [1.165, 1.54) is 0 Å². The molecule has 2 rings (SSSR count). The minimum absolute atomic E-state index is 0.0702. The molecule has 0 aliphatic carbocycles. The number of unbranched alkanes of at least 4 members (excludes halogenated alkanes) is 1. The van der Waals surface area contributed by atoms with E-state index in [0.717, 1.165) is 24.1 Å². The molecule has 0 atom stereocenters. The highest BCUT2D eigenvalue weighted by molar-refractivity contribution is 5.93. The first-order valence-corrected chi connectivity index (χ1v) is 6.54. The van der Waals surface area contributed by atoms with Crippen molar-refractivity contribution in [2.24, 2.45) is 5.73 Å². The molecule has 0 aliphatic rings. The van der Waals surface area contributed by atoms with Crippen LogP contribution in [0.1, 0.15) is 23.3 Å². The minimum atomic E-state index is -0.0702. The maximum atomic E-state index is 11.9. The Bertz CT molecular complexity index is 519. The molecule has 0 aliphatic heterocycles. The third-order valence-electron chi connectivity index (χ3n) is 2.93. The number of nitrogens with two attached hydrogens (primary N) is 1. The standard InChI is InChI=1S/C15H19N3O/c16-10-4-5-11-17-15(19)14-9-8-13(18-14)12-6-2-1-3-7-12/h1-3,6-9,18H,4-5,10-11,16H2,(H,17,19). The smallest absolute Gasteiger partial charge is 0.267 e. The fourth-order valence-corrected chi connectivity index (χ4v) is 1.88. The average molecular weight is 257 g/mol. The molecule has 0 unspecified atom stereocenters. The first-order chi connectivity index (χ1) is 9.31. The molecule has 2 aromatic rings. The summed E-state index contributed by atoms with van der Waals surface area (Å²) in [5.41, 5.74) is 8.02. The van der Waals surface area contributed by atoms with Crippen LogP contribution in [0.25, 0.3) is 11.3 Å². The first kappa shape index (κ1) is 13.4. The molecule has 0 saturated heterocycles. The lowest BCUT2D eigenvalue weighted by atomic mass is 10.2. The van der Waals surface area contributed by atoms with Crippen molar-refractivity contribution in [1.29, 1.82) is 0 Å². The van der Waals surface area contributed by atoms with Crippen molar-refractivity contribution in [3.05, 3.63) is 48.2 Å². The second-order valence-electron chi connectivity index (χ2n) is 4.40. The van der Waals surface area contributed by atoms with E-state index in [1.807, 2.05) is 36.4 Å². The molecule has 1 aromatic carbocycles. The highest BCUT2D eigenvalue weighted by Gasteiger charge is 2.08. The fraction of sp³-hybridized carbons (Fsp3) is 0.267. The van der Waals surface area contributed by atoms with E-state index < -0.39 is 0 Å². The Labute approximate surface area is 113 Å². The van der Waals surface area contributed by atoms with E-state index in [4.69, 9.17) is 5.73 Å². The molecule has 0 bridgehead atoms. The number of carbonyl (C=O) groups excluding carboxylic acids is 1. The van der Waals surface area contributed by atoms with Crippen molar-refractivity contribution in [1.82, 2.24) is 10.3 Å². The van der Waals surface area contributed by atoms with Crippen molar-refractivity contribution in [3.8, 4) is 11.3 Å². The van der Waals surface area contributed by atoms with Gasteiger partial charge in [0, 0.05) is 12.2 Å². The van der Waals surface area contributed by atoms with E-state index in [0.29, 0.717) is 18.8 Å². The summed E-state index contributed by atoms with van der Waals surface area (Å²) < 4.78 is 0. The van der Waals surface area contributed by atoms with Crippen LogP contribution in [0.2, 0.25) is 0 Å². The van der Waals surface area contributed by atoms with Gasteiger partial charge in [-0.15, -0.1) is 0 Å². The summed E-state index contributed by atoms with van der Waals surface area (Å²) in [6.45, 7) is 1.33. The lowest BCUT2D eigenvalue weighted by molar-refractivity contribution is 0.0949. The first-order valence-electron chi connectivity index (χ1n) is 6.54. The van der Waals surface area contributed by atoms with Crippen LogP contribution < -0.4 is 11.1 Å². The lowest BCUT2D eigenvalue weighted by Crippen LogP contribution is -2.25. The van der Waals surface area contributed by atoms with Gasteiger partial charge in [0.25, 0.3) is 5.91 Å². The van der Waals surface area contributed by atoms with Crippen LogP contribution in [0, 0.1) is 0 Å². The van der Waals surface area contributed by atoms with Crippen LogP contribution in [-0.4, -0.2) is 24.0 Å². The number of hydrogen-bond donors (Lipinski definition) is 3. The van der Waals surface area contributed by atoms with Crippen molar-refractivity contribution >= 4 is 5.91 Å². The minimum Gasteiger partial charge on any atom is -0.351 e. The molecule has 4 heteroatoms. The van der Waals surface area contributed by atoms with Gasteiger partial charge in [0.2, 0.25) is 0 Å². The number of hydrogen-bond acceptors (Lipinski definition) is 2. The molecule has 1 aromatic heterocycles. The van der Waals surface area contributed by atoms with Gasteiger partial charge < -0.3 is 16.0 Å². The molecule has 4 N–H and O–H groups in total. The van der Waals surface area contributed by atoms with E-state index in [1.54, 1.807) is 6.07 Å². The van der Waals surface area contributed by atoms with Crippen LogP contribution in [0.15, 0.2) is 42.5 Å². The van der Waals surface area contributed by atoms with Gasteiger partial charge in [0.05, 0.1) is 0 Å². The van der Waals surface area contributed by atoms with E-state index >= 15 is 0 Å². The van der Waals surface area contributed by atoms with Gasteiger partial charge in [-0.1, -0.05) is 30.3 Å². The Morgan fingerprint density at radius 1 is 1.11 bits per heavy atom. The highest BCUT2D eigenvalue weighted by atomic mass is 16.1. The van der Waals surface area contributed by atoms with Crippen LogP contribution in [0.5, 0.6) is 0 Å². The van der Waals surface area contributed by atoms with Crippen LogP contribution in [-0.2, 0) is 0 Å². The summed E-state index contributed by atoms with van der Waals surface area (Å²) >= 11 is 0. The molecule has 0 saturated carbocycles. The number of aromatic amines is 1. The number of benzene rings is 1. The Hall–Kier alpha value is -2.07. The molecular weight excluding hydrogens is 238 g/mol. The quantitative estimate of drug-likeness (QED) is 0.694. The van der Waals surface area contributed by atoms with Gasteiger partial charge >= 0.3 is 0 Å². The van der Waals surface area contributed by atoms with E-state index in [-0.39, 0.29) is 5.91 Å². The van der Waals surface area contributed by atoms with E-state index in [9.17, 15) is 4.79 Å². The fourth-order valence-electron chi connectivity index (χ4n) is 1.88. The number of rotatable bonds is 6. The predicted molar refractivity (Wildman–Crippen MR) is 76.9 cm³/mol. The Morgan fingerprint density at radius 2 is 1.89 bits per heavy atom. The third-order valence-corrected chi connectivity index (χ3v) is 2.93. The number of H-pyrrole nitrogens is 1. The van der Waals surface area contributed by atoms with Gasteiger partial charge in [-0.05, 0) is 37.1 Å². The Morgan fingerprint density at radius 3 is 2.63 bits per heavy atom. The molecule has 4 nitrogen and oxygen atoms in total.